The van der Waals surface area contributed by atoms with Crippen molar-refractivity contribution in [3.8, 4) is 5.75 Å². The maximum absolute atomic E-state index is 10.9. The fraction of sp³-hybridized carbons (Fsp3) is 0.200. The Balaban J connectivity index is 3.09. The van der Waals surface area contributed by atoms with Crippen molar-refractivity contribution in [3.63, 3.8) is 0 Å². The number of hydrogen-bond donors (Lipinski definition) is 3. The molecule has 1 aromatic carbocycles. The molecule has 1 unspecified atom stereocenters. The van der Waals surface area contributed by atoms with Crippen LogP contribution in [0.25, 0.3) is 0 Å². The van der Waals surface area contributed by atoms with Gasteiger partial charge in [0.2, 0.25) is 0 Å². The standard InChI is InChI=1S/C10H11NO5/c1-5(9(12)13)16-7-4-2-3-6(11)8(7)10(14)15/h2-5H,11H2,1H3,(H,12,13)(H,14,15). The van der Waals surface area contributed by atoms with E-state index in [0.29, 0.717) is 0 Å². The molecule has 86 valence electrons. The van der Waals surface area contributed by atoms with E-state index in [1.807, 2.05) is 0 Å². The van der Waals surface area contributed by atoms with Crippen molar-refractivity contribution in [2.45, 2.75) is 13.0 Å². The highest BCUT2D eigenvalue weighted by Gasteiger charge is 2.19. The largest absolute Gasteiger partial charge is 0.479 e. The third kappa shape index (κ3) is 2.41. The molecule has 1 atom stereocenters. The van der Waals surface area contributed by atoms with Crippen LogP contribution in [0.3, 0.4) is 0 Å². The summed E-state index contributed by atoms with van der Waals surface area (Å²) >= 11 is 0. The number of carbonyl (C=O) groups is 2. The number of anilines is 1. The van der Waals surface area contributed by atoms with Gasteiger partial charge in [-0.2, -0.15) is 0 Å². The Morgan fingerprint density at radius 1 is 1.38 bits per heavy atom. The van der Waals surface area contributed by atoms with Gasteiger partial charge in [0.05, 0.1) is 0 Å². The van der Waals surface area contributed by atoms with Crippen LogP contribution in [0.1, 0.15) is 17.3 Å². The topological polar surface area (TPSA) is 110 Å². The Morgan fingerprint density at radius 2 is 2.00 bits per heavy atom. The van der Waals surface area contributed by atoms with Crippen molar-refractivity contribution in [2.75, 3.05) is 5.73 Å². The number of hydrogen-bond acceptors (Lipinski definition) is 4. The number of carboxylic acid groups (broad SMARTS) is 2. The lowest BCUT2D eigenvalue weighted by Gasteiger charge is -2.13. The fourth-order valence-electron chi connectivity index (χ4n) is 1.12. The van der Waals surface area contributed by atoms with Crippen molar-refractivity contribution in [2.24, 2.45) is 0 Å². The van der Waals surface area contributed by atoms with Gasteiger partial charge in [0.25, 0.3) is 0 Å². The maximum atomic E-state index is 10.9. The molecule has 0 radical (unpaired) electrons. The van der Waals surface area contributed by atoms with Crippen molar-refractivity contribution >= 4 is 17.6 Å². The number of nitrogen functional groups attached to an aromatic ring is 1. The van der Waals surface area contributed by atoms with Gasteiger partial charge in [0.1, 0.15) is 11.3 Å². The molecule has 0 fully saturated rings. The first kappa shape index (κ1) is 11.8. The van der Waals surface area contributed by atoms with Crippen molar-refractivity contribution in [3.05, 3.63) is 23.8 Å². The summed E-state index contributed by atoms with van der Waals surface area (Å²) in [5, 5.41) is 17.5. The minimum Gasteiger partial charge on any atom is -0.479 e. The molecule has 0 aliphatic rings. The molecule has 0 aliphatic carbocycles. The van der Waals surface area contributed by atoms with E-state index >= 15 is 0 Å². The van der Waals surface area contributed by atoms with Crippen LogP contribution in [-0.2, 0) is 4.79 Å². The SMILES string of the molecule is CC(Oc1cccc(N)c1C(=O)O)C(=O)O. The maximum Gasteiger partial charge on any atom is 0.344 e. The van der Waals surface area contributed by atoms with Crippen LogP contribution >= 0.6 is 0 Å². The van der Waals surface area contributed by atoms with Gasteiger partial charge < -0.3 is 20.7 Å². The molecule has 0 saturated carbocycles. The van der Waals surface area contributed by atoms with Gasteiger partial charge in [-0.3, -0.25) is 0 Å². The van der Waals surface area contributed by atoms with Gasteiger partial charge in [-0.1, -0.05) is 6.07 Å². The number of carboxylic acids is 2. The van der Waals surface area contributed by atoms with Crippen LogP contribution in [0.15, 0.2) is 18.2 Å². The molecule has 6 nitrogen and oxygen atoms in total. The first-order valence-electron chi connectivity index (χ1n) is 4.44. The summed E-state index contributed by atoms with van der Waals surface area (Å²) in [5.74, 6) is -2.49. The zero-order chi connectivity index (χ0) is 12.3. The molecule has 0 heterocycles. The van der Waals surface area contributed by atoms with Crippen LogP contribution in [-0.4, -0.2) is 28.3 Å². The summed E-state index contributed by atoms with van der Waals surface area (Å²) < 4.78 is 4.99. The average Bonchev–Trinajstić information content (AvgIpc) is 2.16. The number of rotatable bonds is 4. The first-order valence-corrected chi connectivity index (χ1v) is 4.44. The van der Waals surface area contributed by atoms with Gasteiger partial charge in [-0.15, -0.1) is 0 Å². The number of benzene rings is 1. The van der Waals surface area contributed by atoms with E-state index in [1.54, 1.807) is 0 Å². The lowest BCUT2D eigenvalue weighted by molar-refractivity contribution is -0.144. The molecule has 0 aliphatic heterocycles. The lowest BCUT2D eigenvalue weighted by atomic mass is 10.1. The lowest BCUT2D eigenvalue weighted by Crippen LogP contribution is -2.24. The number of ether oxygens (including phenoxy) is 1. The predicted octanol–water partition coefficient (Wildman–Crippen LogP) is 0.819. The highest BCUT2D eigenvalue weighted by Crippen LogP contribution is 2.25. The first-order chi connectivity index (χ1) is 7.43. The molecule has 1 rings (SSSR count). The summed E-state index contributed by atoms with van der Waals surface area (Å²) in [6.45, 7) is 1.30. The summed E-state index contributed by atoms with van der Waals surface area (Å²) in [5.41, 5.74) is 5.27. The predicted molar refractivity (Wildman–Crippen MR) is 55.5 cm³/mol. The molecular weight excluding hydrogens is 214 g/mol. The highest BCUT2D eigenvalue weighted by molar-refractivity contribution is 5.96. The fourth-order valence-corrected chi connectivity index (χ4v) is 1.12. The van der Waals surface area contributed by atoms with Crippen molar-refractivity contribution in [1.82, 2.24) is 0 Å². The summed E-state index contributed by atoms with van der Waals surface area (Å²) in [4.78, 5) is 21.5. The van der Waals surface area contributed by atoms with E-state index in [4.69, 9.17) is 20.7 Å². The van der Waals surface area contributed by atoms with Crippen LogP contribution in [0, 0.1) is 0 Å². The second kappa shape index (κ2) is 4.52. The third-order valence-corrected chi connectivity index (χ3v) is 1.92. The molecule has 0 bridgehead atoms. The quantitative estimate of drug-likeness (QED) is 0.654. The molecule has 4 N–H and O–H groups in total. The van der Waals surface area contributed by atoms with Crippen molar-refractivity contribution in [1.29, 1.82) is 0 Å². The van der Waals surface area contributed by atoms with E-state index in [-0.39, 0.29) is 17.0 Å². The molecule has 6 heteroatoms. The monoisotopic (exact) mass is 225 g/mol. The summed E-state index contributed by atoms with van der Waals surface area (Å²) in [6, 6.07) is 4.26. The Morgan fingerprint density at radius 3 is 2.50 bits per heavy atom. The smallest absolute Gasteiger partial charge is 0.344 e. The summed E-state index contributed by atoms with van der Waals surface area (Å²) in [7, 11) is 0. The average molecular weight is 225 g/mol. The zero-order valence-electron chi connectivity index (χ0n) is 8.51. The molecule has 0 spiro atoms. The minimum absolute atomic E-state index is 0.0302. The van der Waals surface area contributed by atoms with E-state index < -0.39 is 18.0 Å². The minimum atomic E-state index is -1.26. The van der Waals surface area contributed by atoms with Crippen molar-refractivity contribution < 1.29 is 24.5 Å². The Bertz CT molecular complexity index is 429. The van der Waals surface area contributed by atoms with Crippen LogP contribution in [0.5, 0.6) is 5.75 Å². The zero-order valence-corrected chi connectivity index (χ0v) is 8.51. The Kier molecular flexibility index (Phi) is 3.34. The Hall–Kier alpha value is -2.24. The van der Waals surface area contributed by atoms with Gasteiger partial charge in [0.15, 0.2) is 6.10 Å². The van der Waals surface area contributed by atoms with Gasteiger partial charge in [-0.05, 0) is 19.1 Å². The van der Waals surface area contributed by atoms with Gasteiger partial charge in [0, 0.05) is 5.69 Å². The Labute approximate surface area is 91.3 Å². The van der Waals surface area contributed by atoms with E-state index in [2.05, 4.69) is 0 Å². The number of aliphatic carboxylic acids is 1. The van der Waals surface area contributed by atoms with Crippen LogP contribution in [0.2, 0.25) is 0 Å². The van der Waals surface area contributed by atoms with E-state index in [1.165, 1.54) is 25.1 Å². The highest BCUT2D eigenvalue weighted by atomic mass is 16.5. The van der Waals surface area contributed by atoms with E-state index in [0.717, 1.165) is 0 Å². The van der Waals surface area contributed by atoms with Crippen LogP contribution < -0.4 is 10.5 Å². The van der Waals surface area contributed by atoms with Crippen LogP contribution in [0.4, 0.5) is 5.69 Å². The van der Waals surface area contributed by atoms with E-state index in [9.17, 15) is 9.59 Å². The molecule has 16 heavy (non-hydrogen) atoms. The summed E-state index contributed by atoms with van der Waals surface area (Å²) in [6.07, 6.45) is -1.14. The van der Waals surface area contributed by atoms with Gasteiger partial charge >= 0.3 is 11.9 Å². The van der Waals surface area contributed by atoms with Gasteiger partial charge in [-0.25, -0.2) is 9.59 Å². The number of nitrogens with two attached hydrogens (primary N) is 1. The molecule has 0 amide bonds. The second-order valence-corrected chi connectivity index (χ2v) is 3.12. The second-order valence-electron chi connectivity index (χ2n) is 3.12. The number of aromatic carboxylic acids is 1. The molecule has 0 aromatic heterocycles. The normalized spacial score (nSPS) is 11.8. The molecule has 0 saturated heterocycles. The molecule has 1 aromatic rings. The molecular formula is C10H11NO5. The third-order valence-electron chi connectivity index (χ3n) is 1.92.